The Balaban J connectivity index is 2.20. The van der Waals surface area contributed by atoms with Gasteiger partial charge in [0.2, 0.25) is 11.2 Å². The summed E-state index contributed by atoms with van der Waals surface area (Å²) >= 11 is 0. The first-order valence-corrected chi connectivity index (χ1v) is 7.54. The zero-order valence-corrected chi connectivity index (χ0v) is 14.0. The van der Waals surface area contributed by atoms with Crippen molar-refractivity contribution in [1.82, 2.24) is 0 Å². The van der Waals surface area contributed by atoms with E-state index in [0.717, 1.165) is 0 Å². The molecule has 1 heterocycles. The number of benzene rings is 1. The highest BCUT2D eigenvalue weighted by molar-refractivity contribution is 5.66. The molecule has 2 aromatic rings. The van der Waals surface area contributed by atoms with E-state index in [-0.39, 0.29) is 40.8 Å². The lowest BCUT2D eigenvalue weighted by Crippen LogP contribution is -2.25. The molecule has 0 bridgehead atoms. The molecule has 3 rings (SSSR count). The van der Waals surface area contributed by atoms with Crippen LogP contribution in [0.15, 0.2) is 45.0 Å². The number of hydrogen-bond acceptors (Lipinski definition) is 7. The summed E-state index contributed by atoms with van der Waals surface area (Å²) in [5.74, 6) is 0.760. The van der Waals surface area contributed by atoms with Crippen LogP contribution in [-0.2, 0) is 11.2 Å². The minimum absolute atomic E-state index is 0.00348. The van der Waals surface area contributed by atoms with E-state index >= 15 is 0 Å². The number of aliphatic hydroxyl groups is 2. The van der Waals surface area contributed by atoms with Crippen LogP contribution in [0.3, 0.4) is 0 Å². The maximum absolute atomic E-state index is 12.8. The second kappa shape index (κ2) is 6.52. The maximum atomic E-state index is 12.8. The molecule has 0 fully saturated rings. The molecule has 1 aromatic carbocycles. The molecule has 1 unspecified atom stereocenters. The first-order valence-electron chi connectivity index (χ1n) is 7.54. The second-order valence-corrected chi connectivity index (χ2v) is 5.45. The Morgan fingerprint density at radius 2 is 1.76 bits per heavy atom. The van der Waals surface area contributed by atoms with Crippen molar-refractivity contribution < 1.29 is 28.8 Å². The van der Waals surface area contributed by atoms with Crippen LogP contribution in [0.2, 0.25) is 0 Å². The van der Waals surface area contributed by atoms with Crippen LogP contribution >= 0.6 is 0 Å². The van der Waals surface area contributed by atoms with E-state index in [2.05, 4.69) is 0 Å². The lowest BCUT2D eigenvalue weighted by Gasteiger charge is -2.23. The predicted molar refractivity (Wildman–Crippen MR) is 88.8 cm³/mol. The standard InChI is InChI=1S/C18H18O7/c1-22-10-6-4-9(5-7-10)16-18(24-3)15(21)13-12(25-16)8-11(19)17(23-2)14(13)20/h4-7,14,19-20H,8H2,1-3H3. The molecule has 25 heavy (non-hydrogen) atoms. The van der Waals surface area contributed by atoms with Gasteiger partial charge in [0.1, 0.15) is 23.4 Å². The zero-order valence-electron chi connectivity index (χ0n) is 14.0. The molecule has 0 saturated heterocycles. The summed E-state index contributed by atoms with van der Waals surface area (Å²) in [5.41, 5.74) is 0.0981. The van der Waals surface area contributed by atoms with Crippen LogP contribution in [0.25, 0.3) is 11.3 Å². The molecule has 1 atom stereocenters. The Morgan fingerprint density at radius 3 is 2.32 bits per heavy atom. The van der Waals surface area contributed by atoms with E-state index < -0.39 is 11.5 Å². The van der Waals surface area contributed by atoms with E-state index in [1.54, 1.807) is 31.4 Å². The maximum Gasteiger partial charge on any atom is 0.233 e. The van der Waals surface area contributed by atoms with Crippen LogP contribution in [0.5, 0.6) is 11.5 Å². The van der Waals surface area contributed by atoms with E-state index in [9.17, 15) is 15.0 Å². The highest BCUT2D eigenvalue weighted by Crippen LogP contribution is 2.37. The minimum Gasteiger partial charge on any atom is -0.508 e. The van der Waals surface area contributed by atoms with Gasteiger partial charge in [-0.2, -0.15) is 0 Å². The molecule has 0 aliphatic heterocycles. The fourth-order valence-electron chi connectivity index (χ4n) is 2.86. The molecule has 1 aliphatic carbocycles. The third-order valence-electron chi connectivity index (χ3n) is 4.09. The number of aliphatic hydroxyl groups excluding tert-OH is 2. The predicted octanol–water partition coefficient (Wildman–Crippen LogP) is 2.33. The summed E-state index contributed by atoms with van der Waals surface area (Å²) < 4.78 is 21.2. The van der Waals surface area contributed by atoms with Crippen molar-refractivity contribution in [3.05, 3.63) is 57.3 Å². The smallest absolute Gasteiger partial charge is 0.233 e. The van der Waals surface area contributed by atoms with Gasteiger partial charge in [-0.05, 0) is 24.3 Å². The molecular weight excluding hydrogens is 328 g/mol. The molecule has 132 valence electrons. The molecule has 0 amide bonds. The molecule has 7 heteroatoms. The average molecular weight is 346 g/mol. The van der Waals surface area contributed by atoms with Crippen LogP contribution in [0.4, 0.5) is 0 Å². The molecule has 0 spiro atoms. The van der Waals surface area contributed by atoms with Crippen molar-refractivity contribution in [3.63, 3.8) is 0 Å². The number of ether oxygens (including phenoxy) is 3. The van der Waals surface area contributed by atoms with Gasteiger partial charge in [-0.1, -0.05) is 0 Å². The van der Waals surface area contributed by atoms with Crippen molar-refractivity contribution in [2.75, 3.05) is 21.3 Å². The largest absolute Gasteiger partial charge is 0.508 e. The summed E-state index contributed by atoms with van der Waals surface area (Å²) in [4.78, 5) is 12.8. The van der Waals surface area contributed by atoms with Gasteiger partial charge in [-0.25, -0.2) is 0 Å². The van der Waals surface area contributed by atoms with Gasteiger partial charge in [-0.15, -0.1) is 0 Å². The number of allylic oxidation sites excluding steroid dienone is 1. The first kappa shape index (κ1) is 16.9. The van der Waals surface area contributed by atoms with E-state index in [4.69, 9.17) is 18.6 Å². The van der Waals surface area contributed by atoms with Gasteiger partial charge < -0.3 is 28.8 Å². The number of methoxy groups -OCH3 is 3. The van der Waals surface area contributed by atoms with Crippen LogP contribution in [0, 0.1) is 0 Å². The summed E-state index contributed by atoms with van der Waals surface area (Å²) in [7, 11) is 4.22. The Bertz CT molecular complexity index is 878. The third-order valence-corrected chi connectivity index (χ3v) is 4.09. The molecular formula is C18H18O7. The van der Waals surface area contributed by atoms with Crippen LogP contribution in [-0.4, -0.2) is 31.5 Å². The quantitative estimate of drug-likeness (QED) is 0.876. The van der Waals surface area contributed by atoms with Crippen molar-refractivity contribution in [2.45, 2.75) is 12.5 Å². The van der Waals surface area contributed by atoms with Crippen molar-refractivity contribution in [3.8, 4) is 22.8 Å². The zero-order chi connectivity index (χ0) is 18.1. The van der Waals surface area contributed by atoms with Gasteiger partial charge in [0.05, 0.1) is 33.3 Å². The molecule has 7 nitrogen and oxygen atoms in total. The molecule has 2 N–H and O–H groups in total. The number of hydrogen-bond donors (Lipinski definition) is 2. The number of rotatable bonds is 4. The summed E-state index contributed by atoms with van der Waals surface area (Å²) in [6.07, 6.45) is -1.47. The monoisotopic (exact) mass is 346 g/mol. The molecule has 1 aromatic heterocycles. The van der Waals surface area contributed by atoms with E-state index in [1.807, 2.05) is 0 Å². The highest BCUT2D eigenvalue weighted by atomic mass is 16.5. The van der Waals surface area contributed by atoms with Crippen molar-refractivity contribution >= 4 is 0 Å². The molecule has 0 radical (unpaired) electrons. The lowest BCUT2D eigenvalue weighted by atomic mass is 9.96. The van der Waals surface area contributed by atoms with Crippen LogP contribution < -0.4 is 14.9 Å². The fourth-order valence-corrected chi connectivity index (χ4v) is 2.86. The topological polar surface area (TPSA) is 98.4 Å². The van der Waals surface area contributed by atoms with Gasteiger partial charge in [0.15, 0.2) is 11.5 Å². The van der Waals surface area contributed by atoms with Crippen molar-refractivity contribution in [2.24, 2.45) is 0 Å². The van der Waals surface area contributed by atoms with Gasteiger partial charge in [0, 0.05) is 5.56 Å². The number of fused-ring (bicyclic) bond motifs is 1. The summed E-state index contributed by atoms with van der Waals surface area (Å²) in [6.45, 7) is 0. The second-order valence-electron chi connectivity index (χ2n) is 5.45. The minimum atomic E-state index is -1.41. The third kappa shape index (κ3) is 2.72. The van der Waals surface area contributed by atoms with Crippen molar-refractivity contribution in [1.29, 1.82) is 0 Å². The van der Waals surface area contributed by atoms with E-state index in [0.29, 0.717) is 11.3 Å². The SMILES string of the molecule is COC1=C(O)Cc2oc(-c3ccc(OC)cc3)c(OC)c(=O)c2C1O. The normalized spacial score (nSPS) is 16.4. The lowest BCUT2D eigenvalue weighted by molar-refractivity contribution is 0.102. The van der Waals surface area contributed by atoms with Gasteiger partial charge >= 0.3 is 0 Å². The Kier molecular flexibility index (Phi) is 4.41. The van der Waals surface area contributed by atoms with E-state index in [1.165, 1.54) is 14.2 Å². The average Bonchev–Trinajstić information content (AvgIpc) is 2.61. The Hall–Kier alpha value is -2.93. The fraction of sp³-hybridized carbons (Fsp3) is 0.278. The highest BCUT2D eigenvalue weighted by Gasteiger charge is 2.34. The molecule has 1 aliphatic rings. The Morgan fingerprint density at radius 1 is 1.08 bits per heavy atom. The van der Waals surface area contributed by atoms with Gasteiger partial charge in [-0.3, -0.25) is 4.79 Å². The van der Waals surface area contributed by atoms with Gasteiger partial charge in [0.25, 0.3) is 0 Å². The Labute approximate surface area is 143 Å². The summed E-state index contributed by atoms with van der Waals surface area (Å²) in [5, 5.41) is 20.4. The van der Waals surface area contributed by atoms with Crippen LogP contribution in [0.1, 0.15) is 17.4 Å². The molecule has 0 saturated carbocycles. The summed E-state index contributed by atoms with van der Waals surface area (Å²) in [6, 6.07) is 6.90. The first-order chi connectivity index (χ1) is 12.0.